The molecule has 1 amide bonds. The lowest BCUT2D eigenvalue weighted by Gasteiger charge is -2.48. The van der Waals surface area contributed by atoms with Crippen molar-refractivity contribution < 1.29 is 35.9 Å². The van der Waals surface area contributed by atoms with E-state index in [1.54, 1.807) is 62.0 Å². The van der Waals surface area contributed by atoms with Gasteiger partial charge in [0.1, 0.15) is 5.60 Å². The lowest BCUT2D eigenvalue weighted by Crippen LogP contribution is -2.58. The minimum Gasteiger partial charge on any atom is -0.444 e. The zero-order valence-electron chi connectivity index (χ0n) is 27.4. The molecule has 0 unspecified atom stereocenters. The highest BCUT2D eigenvalue weighted by molar-refractivity contribution is 5.69. The molecule has 2 aromatic carbocycles. The number of carbonyl (C=O) groups is 1. The number of halogens is 6. The van der Waals surface area contributed by atoms with Gasteiger partial charge in [0.2, 0.25) is 5.95 Å². The van der Waals surface area contributed by atoms with Crippen LogP contribution in [-0.2, 0) is 30.1 Å². The van der Waals surface area contributed by atoms with Crippen LogP contribution in [0.15, 0.2) is 60.9 Å². The Kier molecular flexibility index (Phi) is 10.7. The van der Waals surface area contributed by atoms with Crippen molar-refractivity contribution in [1.82, 2.24) is 14.9 Å². The summed E-state index contributed by atoms with van der Waals surface area (Å²) in [6, 6.07) is 9.98. The molecule has 256 valence electrons. The van der Waals surface area contributed by atoms with E-state index in [-0.39, 0.29) is 30.2 Å². The van der Waals surface area contributed by atoms with Gasteiger partial charge in [-0.05, 0) is 75.8 Å². The van der Waals surface area contributed by atoms with Crippen molar-refractivity contribution in [2.24, 2.45) is 0 Å². The molecule has 1 aliphatic rings. The summed E-state index contributed by atoms with van der Waals surface area (Å²) in [5.74, 6) is 0.158. The zero-order valence-corrected chi connectivity index (χ0v) is 27.4. The Hall–Kier alpha value is -4.03. The Morgan fingerprint density at radius 3 is 1.91 bits per heavy atom. The van der Waals surface area contributed by atoms with E-state index in [1.807, 2.05) is 37.3 Å². The first-order chi connectivity index (χ1) is 21.9. The molecule has 2 heterocycles. The highest BCUT2D eigenvalue weighted by Crippen LogP contribution is 2.38. The third-order valence-electron chi connectivity index (χ3n) is 8.10. The summed E-state index contributed by atoms with van der Waals surface area (Å²) in [5, 5.41) is 0. The van der Waals surface area contributed by atoms with Crippen molar-refractivity contribution in [2.75, 3.05) is 23.9 Å². The number of aromatic nitrogens is 2. The summed E-state index contributed by atoms with van der Waals surface area (Å²) in [6.07, 6.45) is -5.64. The molecule has 1 fully saturated rings. The van der Waals surface area contributed by atoms with Crippen molar-refractivity contribution >= 4 is 17.7 Å². The largest absolute Gasteiger partial charge is 0.444 e. The standard InChI is InChI=1S/C34H41F6N5O2/c1-7-26-17-27(18-28(15-22-11-9-8-10-12-22)45(26)31(46)47-32(2,3)4)44(30-41-19-29(20-42-30)43(5)6)21-23-13-24(33(35,36)37)16-25(14-23)34(38,39)40/h8-14,16,19-20,26-28H,7,15,17-18,21H2,1-6H3/t26-,27+,28+/m1/s1. The molecule has 0 radical (unpaired) electrons. The van der Waals surface area contributed by atoms with Crippen LogP contribution in [0.25, 0.3) is 0 Å². The van der Waals surface area contributed by atoms with Crippen LogP contribution in [0.1, 0.15) is 69.2 Å². The number of piperidine rings is 1. The summed E-state index contributed by atoms with van der Waals surface area (Å²) >= 11 is 0. The second kappa shape index (κ2) is 14.0. The van der Waals surface area contributed by atoms with Gasteiger partial charge in [-0.3, -0.25) is 0 Å². The van der Waals surface area contributed by atoms with E-state index in [4.69, 9.17) is 4.74 Å². The highest BCUT2D eigenvalue weighted by Gasteiger charge is 2.43. The Morgan fingerprint density at radius 1 is 0.872 bits per heavy atom. The quantitative estimate of drug-likeness (QED) is 0.226. The molecule has 1 saturated heterocycles. The highest BCUT2D eigenvalue weighted by atomic mass is 19.4. The van der Waals surface area contributed by atoms with E-state index < -0.39 is 47.3 Å². The molecule has 0 saturated carbocycles. The van der Waals surface area contributed by atoms with Gasteiger partial charge in [0.25, 0.3) is 0 Å². The number of likely N-dealkylation sites (tertiary alicyclic amines) is 1. The first kappa shape index (κ1) is 35.8. The van der Waals surface area contributed by atoms with Gasteiger partial charge in [0.05, 0.1) is 29.2 Å². The van der Waals surface area contributed by atoms with Gasteiger partial charge in [-0.15, -0.1) is 0 Å². The molecule has 0 bridgehead atoms. The molecule has 0 spiro atoms. The fourth-order valence-corrected chi connectivity index (χ4v) is 5.91. The average molecular weight is 666 g/mol. The van der Waals surface area contributed by atoms with Crippen molar-refractivity contribution in [3.63, 3.8) is 0 Å². The normalized spacial score (nSPS) is 19.0. The first-order valence-electron chi connectivity index (χ1n) is 15.4. The van der Waals surface area contributed by atoms with Gasteiger partial charge >= 0.3 is 18.4 Å². The van der Waals surface area contributed by atoms with E-state index in [2.05, 4.69) is 9.97 Å². The van der Waals surface area contributed by atoms with Crippen LogP contribution in [0.2, 0.25) is 0 Å². The minimum absolute atomic E-state index is 0.124. The van der Waals surface area contributed by atoms with E-state index in [0.29, 0.717) is 31.4 Å². The molecule has 3 aromatic rings. The molecular formula is C34H41F6N5O2. The number of ether oxygens (including phenoxy) is 1. The maximum Gasteiger partial charge on any atom is 0.416 e. The lowest BCUT2D eigenvalue weighted by atomic mass is 9.86. The summed E-state index contributed by atoms with van der Waals surface area (Å²) in [7, 11) is 3.59. The van der Waals surface area contributed by atoms with Crippen LogP contribution in [0.3, 0.4) is 0 Å². The van der Waals surface area contributed by atoms with Gasteiger partial charge in [-0.1, -0.05) is 37.3 Å². The number of hydrogen-bond donors (Lipinski definition) is 0. The predicted octanol–water partition coefficient (Wildman–Crippen LogP) is 8.38. The van der Waals surface area contributed by atoms with Crippen LogP contribution < -0.4 is 9.80 Å². The van der Waals surface area contributed by atoms with Crippen LogP contribution in [0, 0.1) is 0 Å². The molecule has 0 aliphatic carbocycles. The predicted molar refractivity (Wildman–Crippen MR) is 168 cm³/mol. The molecule has 1 aromatic heterocycles. The van der Waals surface area contributed by atoms with Crippen molar-refractivity contribution in [1.29, 1.82) is 0 Å². The molecular weight excluding hydrogens is 624 g/mol. The first-order valence-corrected chi connectivity index (χ1v) is 15.4. The Morgan fingerprint density at radius 2 is 1.43 bits per heavy atom. The van der Waals surface area contributed by atoms with E-state index >= 15 is 0 Å². The number of nitrogens with zero attached hydrogens (tertiary/aromatic N) is 5. The van der Waals surface area contributed by atoms with E-state index in [9.17, 15) is 31.1 Å². The number of rotatable bonds is 8. The monoisotopic (exact) mass is 665 g/mol. The summed E-state index contributed by atoms with van der Waals surface area (Å²) in [4.78, 5) is 27.8. The van der Waals surface area contributed by atoms with Gasteiger partial charge in [-0.25, -0.2) is 14.8 Å². The number of carbonyl (C=O) groups excluding carboxylic acids is 1. The molecule has 3 atom stereocenters. The molecule has 13 heteroatoms. The third-order valence-corrected chi connectivity index (χ3v) is 8.10. The van der Waals surface area contributed by atoms with Gasteiger partial charge < -0.3 is 19.4 Å². The minimum atomic E-state index is -4.99. The van der Waals surface area contributed by atoms with Crippen molar-refractivity contribution in [3.05, 3.63) is 83.2 Å². The molecule has 7 nitrogen and oxygen atoms in total. The molecule has 47 heavy (non-hydrogen) atoms. The number of amides is 1. The number of alkyl halides is 6. The number of anilines is 2. The smallest absolute Gasteiger partial charge is 0.416 e. The summed E-state index contributed by atoms with van der Waals surface area (Å²) in [5.41, 5.74) is -2.09. The third kappa shape index (κ3) is 9.29. The van der Waals surface area contributed by atoms with Crippen molar-refractivity contribution in [3.8, 4) is 0 Å². The Labute approximate surface area is 271 Å². The SMILES string of the molecule is CC[C@@H]1C[C@H](N(Cc2cc(C(F)(F)F)cc(C(F)(F)F)c2)c2ncc(N(C)C)cn2)C[C@H](Cc2ccccc2)N1C(=O)OC(C)(C)C. The fourth-order valence-electron chi connectivity index (χ4n) is 5.91. The summed E-state index contributed by atoms with van der Waals surface area (Å²) < 4.78 is 88.6. The number of hydrogen-bond acceptors (Lipinski definition) is 6. The fraction of sp³-hybridized carbons (Fsp3) is 0.500. The summed E-state index contributed by atoms with van der Waals surface area (Å²) in [6.45, 7) is 6.96. The van der Waals surface area contributed by atoms with Gasteiger partial charge in [0.15, 0.2) is 0 Å². The second-order valence-electron chi connectivity index (χ2n) is 13.1. The molecule has 0 N–H and O–H groups in total. The lowest BCUT2D eigenvalue weighted by molar-refractivity contribution is -0.143. The second-order valence-corrected chi connectivity index (χ2v) is 13.1. The van der Waals surface area contributed by atoms with Crippen molar-refractivity contribution in [2.45, 2.75) is 96.0 Å². The van der Waals surface area contributed by atoms with E-state index in [1.165, 1.54) is 0 Å². The Bertz CT molecular complexity index is 1460. The van der Waals surface area contributed by atoms with Crippen LogP contribution in [0.5, 0.6) is 0 Å². The maximum absolute atomic E-state index is 13.8. The topological polar surface area (TPSA) is 61.8 Å². The molecule has 1 aliphatic heterocycles. The number of benzene rings is 2. The van der Waals surface area contributed by atoms with Crippen LogP contribution >= 0.6 is 0 Å². The molecule has 4 rings (SSSR count). The van der Waals surface area contributed by atoms with Crippen LogP contribution in [0.4, 0.5) is 42.8 Å². The van der Waals surface area contributed by atoms with E-state index in [0.717, 1.165) is 17.7 Å². The zero-order chi connectivity index (χ0) is 34.7. The van der Waals surface area contributed by atoms with Crippen LogP contribution in [-0.4, -0.2) is 58.8 Å². The average Bonchev–Trinajstić information content (AvgIpc) is 2.98. The van der Waals surface area contributed by atoms with Gasteiger partial charge in [-0.2, -0.15) is 26.3 Å². The van der Waals surface area contributed by atoms with Gasteiger partial charge in [0, 0.05) is 38.8 Å². The Balaban J connectivity index is 1.81. The maximum atomic E-state index is 13.8.